The molecule has 0 N–H and O–H groups in total. The largest absolute Gasteiger partial charge is 0.457 e. The Morgan fingerprint density at radius 3 is 2.69 bits per heavy atom. The summed E-state index contributed by atoms with van der Waals surface area (Å²) in [5.74, 6) is 1.27. The molecule has 1 aromatic heterocycles. The van der Waals surface area contributed by atoms with E-state index in [1.807, 2.05) is 13.8 Å². The van der Waals surface area contributed by atoms with Gasteiger partial charge in [-0.05, 0) is 12.1 Å². The average Bonchev–Trinajstić information content (AvgIpc) is 2.52. The van der Waals surface area contributed by atoms with Crippen LogP contribution in [0.2, 0.25) is 0 Å². The Bertz CT molecular complexity index is 314. The molecule has 0 amide bonds. The fraction of sp³-hybridized carbons (Fsp3) is 0.444. The first kappa shape index (κ1) is 10.2. The second-order valence-electron chi connectivity index (χ2n) is 3.00. The molecule has 1 aromatic rings. The van der Waals surface area contributed by atoms with E-state index in [-0.39, 0.29) is 11.0 Å². The van der Waals surface area contributed by atoms with E-state index in [2.05, 4.69) is 0 Å². The fourth-order valence-electron chi connectivity index (χ4n) is 0.842. The summed E-state index contributed by atoms with van der Waals surface area (Å²) >= 11 is 0. The van der Waals surface area contributed by atoms with Crippen LogP contribution in [0.1, 0.15) is 30.2 Å². The number of furan rings is 1. The zero-order chi connectivity index (χ0) is 9.84. The molecule has 0 fully saturated rings. The first-order chi connectivity index (χ1) is 6.13. The lowest BCUT2D eigenvalue weighted by molar-refractivity contribution is 0.109. The molecule has 72 valence electrons. The molecule has 1 atom stereocenters. The molecule has 0 spiro atoms. The number of hydrogen-bond donors (Lipinski definition) is 0. The number of hydrogen-bond acceptors (Lipinski definition) is 3. The predicted octanol–water partition coefficient (Wildman–Crippen LogP) is 1.75. The van der Waals surface area contributed by atoms with Gasteiger partial charge in [-0.2, -0.15) is 0 Å². The lowest BCUT2D eigenvalue weighted by Gasteiger charge is -2.01. The Labute approximate surface area is 79.6 Å². The van der Waals surface area contributed by atoms with Gasteiger partial charge in [0.25, 0.3) is 0 Å². The van der Waals surface area contributed by atoms with E-state index < -0.39 is 10.8 Å². The van der Waals surface area contributed by atoms with Gasteiger partial charge in [-0.3, -0.25) is 9.00 Å². The van der Waals surface area contributed by atoms with Crippen molar-refractivity contribution >= 4 is 17.1 Å². The molecule has 0 aromatic carbocycles. The quantitative estimate of drug-likeness (QED) is 0.696. The molecule has 3 nitrogen and oxygen atoms in total. The molecular weight excluding hydrogens is 188 g/mol. The summed E-state index contributed by atoms with van der Waals surface area (Å²) in [4.78, 5) is 10.3. The van der Waals surface area contributed by atoms with Crippen molar-refractivity contribution in [1.29, 1.82) is 0 Å². The molecule has 13 heavy (non-hydrogen) atoms. The van der Waals surface area contributed by atoms with Crippen LogP contribution >= 0.6 is 0 Å². The van der Waals surface area contributed by atoms with Crippen LogP contribution < -0.4 is 0 Å². The molecule has 0 saturated heterocycles. The normalized spacial score (nSPS) is 13.2. The highest BCUT2D eigenvalue weighted by Gasteiger charge is 2.09. The van der Waals surface area contributed by atoms with E-state index in [0.717, 1.165) is 0 Å². The summed E-state index contributed by atoms with van der Waals surface area (Å²) in [5, 5.41) is 0.116. The lowest BCUT2D eigenvalue weighted by atomic mass is 10.4. The van der Waals surface area contributed by atoms with Gasteiger partial charge in [0.05, 0.1) is 5.75 Å². The lowest BCUT2D eigenvalue weighted by Crippen LogP contribution is -2.07. The zero-order valence-corrected chi connectivity index (χ0v) is 8.47. The SMILES string of the molecule is CC(C)S(=O)Cc1ccc(C=O)o1. The molecule has 4 heteroatoms. The zero-order valence-electron chi connectivity index (χ0n) is 7.65. The number of carbonyl (C=O) groups is 1. The van der Waals surface area contributed by atoms with E-state index in [1.54, 1.807) is 12.1 Å². The summed E-state index contributed by atoms with van der Waals surface area (Å²) in [6.45, 7) is 3.78. The first-order valence-corrected chi connectivity index (χ1v) is 5.42. The summed E-state index contributed by atoms with van der Waals surface area (Å²) in [7, 11) is -0.921. The minimum absolute atomic E-state index is 0.116. The van der Waals surface area contributed by atoms with Crippen molar-refractivity contribution < 1.29 is 13.4 Å². The topological polar surface area (TPSA) is 47.3 Å². The molecular formula is C9H12O3S. The molecule has 0 bridgehead atoms. The highest BCUT2D eigenvalue weighted by atomic mass is 32.2. The number of aldehydes is 1. The van der Waals surface area contributed by atoms with Gasteiger partial charge in [0, 0.05) is 16.0 Å². The predicted molar refractivity (Wildman–Crippen MR) is 51.1 cm³/mol. The van der Waals surface area contributed by atoms with Gasteiger partial charge in [-0.1, -0.05) is 13.8 Å². The second kappa shape index (κ2) is 4.37. The van der Waals surface area contributed by atoms with Crippen LogP contribution in [0.25, 0.3) is 0 Å². The third-order valence-electron chi connectivity index (χ3n) is 1.61. The van der Waals surface area contributed by atoms with E-state index in [4.69, 9.17) is 4.42 Å². The third-order valence-corrected chi connectivity index (χ3v) is 3.23. The Kier molecular flexibility index (Phi) is 3.42. The van der Waals surface area contributed by atoms with Crippen molar-refractivity contribution in [3.05, 3.63) is 23.7 Å². The maximum Gasteiger partial charge on any atom is 0.185 e. The van der Waals surface area contributed by atoms with E-state index >= 15 is 0 Å². The smallest absolute Gasteiger partial charge is 0.185 e. The summed E-state index contributed by atoms with van der Waals surface area (Å²) in [6, 6.07) is 3.27. The standard InChI is InChI=1S/C9H12O3S/c1-7(2)13(11)6-9-4-3-8(5-10)12-9/h3-5,7H,6H2,1-2H3. The molecule has 0 aliphatic rings. The monoisotopic (exact) mass is 200 g/mol. The van der Waals surface area contributed by atoms with Gasteiger partial charge in [-0.15, -0.1) is 0 Å². The van der Waals surface area contributed by atoms with Crippen molar-refractivity contribution in [2.75, 3.05) is 0 Å². The maximum absolute atomic E-state index is 11.4. The van der Waals surface area contributed by atoms with Crippen molar-refractivity contribution in [2.45, 2.75) is 24.9 Å². The van der Waals surface area contributed by atoms with Crippen molar-refractivity contribution in [2.24, 2.45) is 0 Å². The van der Waals surface area contributed by atoms with E-state index in [9.17, 15) is 9.00 Å². The van der Waals surface area contributed by atoms with Crippen LogP contribution in [0, 0.1) is 0 Å². The summed E-state index contributed by atoms with van der Waals surface area (Å²) < 4.78 is 16.5. The Morgan fingerprint density at radius 1 is 1.54 bits per heavy atom. The van der Waals surface area contributed by atoms with Crippen LogP contribution in [0.5, 0.6) is 0 Å². The van der Waals surface area contributed by atoms with Crippen LogP contribution in [0.3, 0.4) is 0 Å². The molecule has 0 saturated carbocycles. The van der Waals surface area contributed by atoms with Crippen LogP contribution in [0.15, 0.2) is 16.5 Å². The Morgan fingerprint density at radius 2 is 2.23 bits per heavy atom. The molecule has 0 aliphatic carbocycles. The van der Waals surface area contributed by atoms with Crippen molar-refractivity contribution in [3.63, 3.8) is 0 Å². The molecule has 1 rings (SSSR count). The Hall–Kier alpha value is -0.900. The van der Waals surface area contributed by atoms with E-state index in [1.165, 1.54) is 0 Å². The van der Waals surface area contributed by atoms with E-state index in [0.29, 0.717) is 17.8 Å². The Balaban J connectivity index is 2.64. The van der Waals surface area contributed by atoms with Crippen LogP contribution in [0.4, 0.5) is 0 Å². The van der Waals surface area contributed by atoms with Gasteiger partial charge >= 0.3 is 0 Å². The van der Waals surface area contributed by atoms with Gasteiger partial charge < -0.3 is 4.42 Å². The van der Waals surface area contributed by atoms with Crippen molar-refractivity contribution in [3.8, 4) is 0 Å². The molecule has 1 unspecified atom stereocenters. The highest BCUT2D eigenvalue weighted by Crippen LogP contribution is 2.10. The fourth-order valence-corrected chi connectivity index (χ4v) is 1.61. The highest BCUT2D eigenvalue weighted by molar-refractivity contribution is 7.84. The van der Waals surface area contributed by atoms with Gasteiger partial charge in [0.2, 0.25) is 0 Å². The average molecular weight is 200 g/mol. The minimum Gasteiger partial charge on any atom is -0.457 e. The molecule has 1 heterocycles. The van der Waals surface area contributed by atoms with Gasteiger partial charge in [-0.25, -0.2) is 0 Å². The van der Waals surface area contributed by atoms with Gasteiger partial charge in [0.1, 0.15) is 5.76 Å². The summed E-state index contributed by atoms with van der Waals surface area (Å²) in [5.41, 5.74) is 0. The third kappa shape index (κ3) is 2.81. The minimum atomic E-state index is -0.921. The second-order valence-corrected chi connectivity index (χ2v) is 4.99. The maximum atomic E-state index is 11.4. The number of rotatable bonds is 4. The van der Waals surface area contributed by atoms with Crippen molar-refractivity contribution in [1.82, 2.24) is 0 Å². The molecule has 0 aliphatic heterocycles. The molecule has 0 radical (unpaired) electrons. The van der Waals surface area contributed by atoms with Gasteiger partial charge in [0.15, 0.2) is 12.0 Å². The van der Waals surface area contributed by atoms with Crippen LogP contribution in [-0.4, -0.2) is 15.7 Å². The first-order valence-electron chi connectivity index (χ1n) is 4.04. The summed E-state index contributed by atoms with van der Waals surface area (Å²) in [6.07, 6.45) is 0.641. The number of carbonyl (C=O) groups excluding carboxylic acids is 1. The van der Waals surface area contributed by atoms with Crippen LogP contribution in [-0.2, 0) is 16.6 Å².